The van der Waals surface area contributed by atoms with Crippen molar-refractivity contribution in [3.05, 3.63) is 85.8 Å². The van der Waals surface area contributed by atoms with Crippen molar-refractivity contribution in [3.63, 3.8) is 0 Å². The molecule has 1 atom stereocenters. The topological polar surface area (TPSA) is 147 Å². The number of rotatable bonds is 9. The number of carboxylic acids is 1. The minimum Gasteiger partial charge on any atom is -0.478 e. The Kier molecular flexibility index (Phi) is 8.51. The van der Waals surface area contributed by atoms with Crippen LogP contribution in [0.2, 0.25) is 10.0 Å². The van der Waals surface area contributed by atoms with Gasteiger partial charge < -0.3 is 10.4 Å². The summed E-state index contributed by atoms with van der Waals surface area (Å²) in [7, 11) is -3.95. The number of halogens is 2. The van der Waals surface area contributed by atoms with Crippen LogP contribution in [0.25, 0.3) is 0 Å². The quantitative estimate of drug-likeness (QED) is 0.369. The summed E-state index contributed by atoms with van der Waals surface area (Å²) in [5.74, 6) is -1.69. The van der Waals surface area contributed by atoms with Crippen LogP contribution in [-0.4, -0.2) is 41.7 Å². The molecule has 0 bridgehead atoms. The third-order valence-electron chi connectivity index (χ3n) is 5.27. The van der Waals surface area contributed by atoms with Crippen LogP contribution in [-0.2, 0) is 21.2 Å². The third-order valence-corrected chi connectivity index (χ3v) is 7.62. The molecule has 10 nitrogen and oxygen atoms in total. The number of aromatic nitrogens is 2. The lowest BCUT2D eigenvalue weighted by Crippen LogP contribution is -2.33. The molecule has 3 aromatic rings. The van der Waals surface area contributed by atoms with E-state index in [4.69, 9.17) is 28.3 Å². The van der Waals surface area contributed by atoms with Gasteiger partial charge in [0, 0.05) is 12.2 Å². The summed E-state index contributed by atoms with van der Waals surface area (Å²) in [6.07, 6.45) is 1.42. The zero-order chi connectivity index (χ0) is 26.6. The average molecular weight is 553 g/mol. The molecule has 0 fully saturated rings. The number of aryl methyl sites for hydroxylation is 1. The van der Waals surface area contributed by atoms with Crippen LogP contribution < -0.4 is 15.6 Å². The van der Waals surface area contributed by atoms with Gasteiger partial charge in [-0.1, -0.05) is 41.4 Å². The van der Waals surface area contributed by atoms with Gasteiger partial charge in [-0.2, -0.15) is 5.10 Å². The maximum Gasteiger partial charge on any atom is 0.335 e. The number of aromatic carboxylic acids is 1. The number of nitrogens with zero attached hydrogens (tertiary/aromatic N) is 2. The maximum atomic E-state index is 12.9. The van der Waals surface area contributed by atoms with Gasteiger partial charge in [-0.15, -0.1) is 0 Å². The van der Waals surface area contributed by atoms with Crippen molar-refractivity contribution in [2.75, 3.05) is 11.9 Å². The van der Waals surface area contributed by atoms with Crippen molar-refractivity contribution < 1.29 is 23.1 Å². The van der Waals surface area contributed by atoms with E-state index in [0.717, 1.165) is 10.9 Å². The van der Waals surface area contributed by atoms with Crippen LogP contribution in [0.3, 0.4) is 0 Å². The molecule has 0 saturated carbocycles. The number of anilines is 1. The van der Waals surface area contributed by atoms with E-state index >= 15 is 0 Å². The predicted octanol–water partition coefficient (Wildman–Crippen LogP) is 3.28. The van der Waals surface area contributed by atoms with Crippen LogP contribution in [0.1, 0.15) is 34.5 Å². The number of benzene rings is 2. The van der Waals surface area contributed by atoms with Gasteiger partial charge in [0.2, 0.25) is 15.9 Å². The molecule has 2 aromatic carbocycles. The molecule has 0 saturated heterocycles. The van der Waals surface area contributed by atoms with Crippen molar-refractivity contribution in [1.29, 1.82) is 0 Å². The molecule has 1 amide bonds. The zero-order valence-corrected chi connectivity index (χ0v) is 21.5. The molecule has 0 radical (unpaired) electrons. The summed E-state index contributed by atoms with van der Waals surface area (Å²) < 4.78 is 29.2. The summed E-state index contributed by atoms with van der Waals surface area (Å²) in [5, 5.41) is 15.2. The average Bonchev–Trinajstić information content (AvgIpc) is 2.83. The fraction of sp³-hybridized carbons (Fsp3) is 0.217. The van der Waals surface area contributed by atoms with E-state index in [1.807, 2.05) is 0 Å². The van der Waals surface area contributed by atoms with Gasteiger partial charge in [-0.3, -0.25) is 9.59 Å². The lowest BCUT2D eigenvalue weighted by Gasteiger charge is -2.16. The van der Waals surface area contributed by atoms with Crippen LogP contribution in [0, 0.1) is 6.92 Å². The summed E-state index contributed by atoms with van der Waals surface area (Å²) in [5.41, 5.74) is 0.679. The smallest absolute Gasteiger partial charge is 0.335 e. The summed E-state index contributed by atoms with van der Waals surface area (Å²) in [4.78, 5) is 36.0. The maximum absolute atomic E-state index is 12.9. The number of hydrogen-bond acceptors (Lipinski definition) is 6. The molecule has 0 aliphatic rings. The molecule has 36 heavy (non-hydrogen) atoms. The molecule has 13 heteroatoms. The zero-order valence-electron chi connectivity index (χ0n) is 19.2. The largest absolute Gasteiger partial charge is 0.478 e. The van der Waals surface area contributed by atoms with Crippen LogP contribution in [0.5, 0.6) is 0 Å². The van der Waals surface area contributed by atoms with E-state index in [0.29, 0.717) is 11.1 Å². The lowest BCUT2D eigenvalue weighted by atomic mass is 10.1. The Morgan fingerprint density at radius 2 is 1.89 bits per heavy atom. The number of sulfonamides is 1. The van der Waals surface area contributed by atoms with Crippen LogP contribution >= 0.6 is 23.2 Å². The van der Waals surface area contributed by atoms with E-state index in [9.17, 15) is 22.8 Å². The van der Waals surface area contributed by atoms with Crippen molar-refractivity contribution in [2.24, 2.45) is 0 Å². The van der Waals surface area contributed by atoms with E-state index < -0.39 is 33.5 Å². The molecule has 1 aromatic heterocycles. The van der Waals surface area contributed by atoms with Gasteiger partial charge in [0.25, 0.3) is 5.56 Å². The first-order chi connectivity index (χ1) is 16.9. The molecule has 0 aliphatic carbocycles. The second-order valence-corrected chi connectivity index (χ2v) is 10.4. The standard InChI is InChI=1S/C23H22Cl2N4O6S/c1-13-6-7-17(28-21(30)14(2)29-22(31)20(25)18(24)12-26-29)11-19(13)36(34,35)27-9-8-15-4-3-5-16(10-15)23(32)33/h3-7,10-12,14,27H,8-9H2,1-2H3,(H,28,30)(H,32,33)/t14-/m0/s1. The first-order valence-electron chi connectivity index (χ1n) is 10.6. The summed E-state index contributed by atoms with van der Waals surface area (Å²) in [6, 6.07) is 9.53. The van der Waals surface area contributed by atoms with Gasteiger partial charge in [0.05, 0.1) is 21.7 Å². The number of amides is 1. The number of carbonyl (C=O) groups is 2. The molecular weight excluding hydrogens is 531 g/mol. The fourth-order valence-corrected chi connectivity index (χ4v) is 4.85. The number of carbonyl (C=O) groups excluding carboxylic acids is 1. The van der Waals surface area contributed by atoms with Gasteiger partial charge >= 0.3 is 5.97 Å². The Hall–Kier alpha value is -3.25. The molecule has 3 rings (SSSR count). The van der Waals surface area contributed by atoms with E-state index in [1.165, 1.54) is 37.3 Å². The fourth-order valence-electron chi connectivity index (χ4n) is 3.29. The first-order valence-corrected chi connectivity index (χ1v) is 12.8. The second-order valence-electron chi connectivity index (χ2n) is 7.86. The highest BCUT2D eigenvalue weighted by Crippen LogP contribution is 2.22. The molecule has 0 spiro atoms. The van der Waals surface area contributed by atoms with Gasteiger partial charge in [0.15, 0.2) is 0 Å². The first kappa shape index (κ1) is 27.3. The lowest BCUT2D eigenvalue weighted by molar-refractivity contribution is -0.119. The van der Waals surface area contributed by atoms with Gasteiger partial charge in [-0.05, 0) is 55.7 Å². The Morgan fingerprint density at radius 1 is 1.17 bits per heavy atom. The van der Waals surface area contributed by atoms with Crippen molar-refractivity contribution in [1.82, 2.24) is 14.5 Å². The van der Waals surface area contributed by atoms with Crippen molar-refractivity contribution in [3.8, 4) is 0 Å². The number of hydrogen-bond donors (Lipinski definition) is 3. The third kappa shape index (κ3) is 6.30. The number of nitrogens with one attached hydrogen (secondary N) is 2. The Balaban J connectivity index is 1.73. The normalized spacial score (nSPS) is 12.2. The minimum absolute atomic E-state index is 0.0321. The summed E-state index contributed by atoms with van der Waals surface area (Å²) in [6.45, 7) is 3.07. The monoisotopic (exact) mass is 552 g/mol. The van der Waals surface area contributed by atoms with Gasteiger partial charge in [-0.25, -0.2) is 22.6 Å². The highest BCUT2D eigenvalue weighted by atomic mass is 35.5. The van der Waals surface area contributed by atoms with E-state index in [2.05, 4.69) is 15.1 Å². The second kappa shape index (κ2) is 11.2. The molecule has 3 N–H and O–H groups in total. The molecular formula is C23H22Cl2N4O6S. The van der Waals surface area contributed by atoms with Crippen molar-refractivity contribution >= 4 is 50.8 Å². The molecule has 190 valence electrons. The van der Waals surface area contributed by atoms with Gasteiger partial charge in [0.1, 0.15) is 11.1 Å². The Morgan fingerprint density at radius 3 is 2.58 bits per heavy atom. The molecule has 1 heterocycles. The van der Waals surface area contributed by atoms with Crippen LogP contribution in [0.15, 0.2) is 58.4 Å². The molecule has 0 unspecified atom stereocenters. The van der Waals surface area contributed by atoms with E-state index in [-0.39, 0.29) is 39.2 Å². The summed E-state index contributed by atoms with van der Waals surface area (Å²) >= 11 is 11.6. The van der Waals surface area contributed by atoms with Crippen LogP contribution in [0.4, 0.5) is 5.69 Å². The SMILES string of the molecule is Cc1ccc(NC(=O)[C@H](C)n2ncc(Cl)c(Cl)c2=O)cc1S(=O)(=O)NCCc1cccc(C(=O)O)c1. The Bertz CT molecular complexity index is 1490. The number of carboxylic acid groups (broad SMARTS) is 1. The highest BCUT2D eigenvalue weighted by molar-refractivity contribution is 7.89. The molecule has 0 aliphatic heterocycles. The highest BCUT2D eigenvalue weighted by Gasteiger charge is 2.22. The minimum atomic E-state index is -3.95. The predicted molar refractivity (Wildman–Crippen MR) is 135 cm³/mol. The van der Waals surface area contributed by atoms with E-state index in [1.54, 1.807) is 19.1 Å². The Labute approximate surface area is 216 Å². The van der Waals surface area contributed by atoms with Crippen molar-refractivity contribution in [2.45, 2.75) is 31.2 Å².